The van der Waals surface area contributed by atoms with Gasteiger partial charge in [0.15, 0.2) is 5.17 Å². The van der Waals surface area contributed by atoms with E-state index in [2.05, 4.69) is 40.6 Å². The molecule has 8 nitrogen and oxygen atoms in total. The molecular weight excluding hydrogens is 536 g/mol. The largest absolute Gasteiger partial charge is 0.497 e. The number of ether oxygens (including phenoxy) is 2. The first-order chi connectivity index (χ1) is 20.0. The highest BCUT2D eigenvalue weighted by Crippen LogP contribution is 2.39. The third kappa shape index (κ3) is 5.67. The summed E-state index contributed by atoms with van der Waals surface area (Å²) in [5, 5.41) is 11.8. The van der Waals surface area contributed by atoms with E-state index in [1.165, 1.54) is 11.8 Å². The SMILES string of the molecule is COc1ccc(NC(=O)C[C@H]2SC(N3N=C(c4ccc5ccccc5c4)C[C@@H]3c3ccc(OC)cc3)=NC2=O)cc1. The van der Waals surface area contributed by atoms with E-state index in [9.17, 15) is 9.59 Å². The van der Waals surface area contributed by atoms with Gasteiger partial charge in [-0.2, -0.15) is 10.1 Å². The van der Waals surface area contributed by atoms with Gasteiger partial charge in [0, 0.05) is 18.5 Å². The summed E-state index contributed by atoms with van der Waals surface area (Å²) in [6.07, 6.45) is 0.645. The number of aliphatic imine (C=N–C) groups is 1. The maximum Gasteiger partial charge on any atom is 0.262 e. The Hall–Kier alpha value is -4.63. The Bertz CT molecular complexity index is 1670. The first kappa shape index (κ1) is 26.6. The van der Waals surface area contributed by atoms with Gasteiger partial charge in [0.1, 0.15) is 16.7 Å². The molecule has 0 radical (unpaired) electrons. The minimum Gasteiger partial charge on any atom is -0.497 e. The number of benzene rings is 4. The molecule has 41 heavy (non-hydrogen) atoms. The smallest absolute Gasteiger partial charge is 0.262 e. The van der Waals surface area contributed by atoms with Crippen molar-refractivity contribution in [2.24, 2.45) is 10.1 Å². The molecule has 0 aliphatic carbocycles. The van der Waals surface area contributed by atoms with Gasteiger partial charge in [-0.25, -0.2) is 5.01 Å². The number of amides is 2. The Morgan fingerprint density at radius 2 is 1.61 bits per heavy atom. The predicted molar refractivity (Wildman–Crippen MR) is 163 cm³/mol. The molecule has 0 unspecified atom stereocenters. The molecule has 9 heteroatoms. The Labute approximate surface area is 242 Å². The number of thioether (sulfide) groups is 1. The van der Waals surface area contributed by atoms with Crippen LogP contribution in [-0.4, -0.2) is 47.2 Å². The first-order valence-electron chi connectivity index (χ1n) is 13.2. The third-order valence-electron chi connectivity index (χ3n) is 7.16. The number of amidine groups is 1. The first-order valence-corrected chi connectivity index (χ1v) is 14.1. The van der Waals surface area contributed by atoms with Crippen LogP contribution in [0.2, 0.25) is 0 Å². The molecule has 2 aliphatic heterocycles. The molecule has 0 saturated carbocycles. The summed E-state index contributed by atoms with van der Waals surface area (Å²) >= 11 is 1.28. The van der Waals surface area contributed by atoms with Crippen LogP contribution in [0.5, 0.6) is 11.5 Å². The summed E-state index contributed by atoms with van der Waals surface area (Å²) in [6.45, 7) is 0. The Morgan fingerprint density at radius 3 is 2.32 bits per heavy atom. The molecule has 4 aromatic rings. The van der Waals surface area contributed by atoms with Gasteiger partial charge in [-0.3, -0.25) is 9.59 Å². The molecule has 206 valence electrons. The van der Waals surface area contributed by atoms with Gasteiger partial charge < -0.3 is 14.8 Å². The topological polar surface area (TPSA) is 92.6 Å². The van der Waals surface area contributed by atoms with Crippen molar-refractivity contribution in [3.63, 3.8) is 0 Å². The van der Waals surface area contributed by atoms with Crippen LogP contribution in [0.25, 0.3) is 10.8 Å². The second-order valence-corrected chi connectivity index (χ2v) is 10.9. The highest BCUT2D eigenvalue weighted by atomic mass is 32.2. The number of nitrogens with zero attached hydrogens (tertiary/aromatic N) is 3. The van der Waals surface area contributed by atoms with E-state index in [0.717, 1.165) is 33.4 Å². The van der Waals surface area contributed by atoms with Gasteiger partial charge in [-0.15, -0.1) is 0 Å². The molecule has 2 atom stereocenters. The van der Waals surface area contributed by atoms with Crippen molar-refractivity contribution < 1.29 is 19.1 Å². The zero-order chi connectivity index (χ0) is 28.3. The molecule has 2 amide bonds. The van der Waals surface area contributed by atoms with Crippen LogP contribution in [0.4, 0.5) is 5.69 Å². The van der Waals surface area contributed by atoms with E-state index in [1.54, 1.807) is 38.5 Å². The number of carbonyl (C=O) groups excluding carboxylic acids is 2. The summed E-state index contributed by atoms with van der Waals surface area (Å²) in [4.78, 5) is 30.1. The minimum absolute atomic E-state index is 0.00478. The second-order valence-electron chi connectivity index (χ2n) is 9.77. The number of rotatable bonds is 7. The van der Waals surface area contributed by atoms with E-state index in [-0.39, 0.29) is 24.3 Å². The number of anilines is 1. The fraction of sp³-hybridized carbons (Fsp3) is 0.188. The van der Waals surface area contributed by atoms with Crippen LogP contribution < -0.4 is 14.8 Å². The predicted octanol–water partition coefficient (Wildman–Crippen LogP) is 6.03. The molecule has 4 aromatic carbocycles. The highest BCUT2D eigenvalue weighted by molar-refractivity contribution is 8.15. The summed E-state index contributed by atoms with van der Waals surface area (Å²) in [5.74, 6) is 0.867. The molecule has 0 aromatic heterocycles. The maximum absolute atomic E-state index is 12.9. The van der Waals surface area contributed by atoms with E-state index in [4.69, 9.17) is 14.6 Å². The second kappa shape index (κ2) is 11.5. The van der Waals surface area contributed by atoms with Crippen LogP contribution in [0, 0.1) is 0 Å². The number of nitrogens with one attached hydrogen (secondary N) is 1. The van der Waals surface area contributed by atoms with Crippen molar-refractivity contribution in [1.82, 2.24) is 5.01 Å². The molecule has 0 spiro atoms. The number of methoxy groups -OCH3 is 2. The lowest BCUT2D eigenvalue weighted by molar-refractivity contribution is -0.121. The van der Waals surface area contributed by atoms with Crippen LogP contribution in [0.15, 0.2) is 101 Å². The highest BCUT2D eigenvalue weighted by Gasteiger charge is 2.39. The van der Waals surface area contributed by atoms with Gasteiger partial charge >= 0.3 is 0 Å². The summed E-state index contributed by atoms with van der Waals surface area (Å²) in [7, 11) is 3.22. The van der Waals surface area contributed by atoms with Gasteiger partial charge in [-0.05, 0) is 64.4 Å². The number of fused-ring (bicyclic) bond motifs is 1. The van der Waals surface area contributed by atoms with Crippen LogP contribution in [0.3, 0.4) is 0 Å². The van der Waals surface area contributed by atoms with E-state index in [0.29, 0.717) is 23.0 Å². The average molecular weight is 565 g/mol. The molecule has 0 bridgehead atoms. The standard InChI is InChI=1S/C32H28N4O4S/c1-39-25-13-9-21(10-14-25)28-18-27(23-8-7-20-5-3-4-6-22(20)17-23)35-36(28)32-34-31(38)29(41-32)19-30(37)33-24-11-15-26(40-2)16-12-24/h3-17,28-29H,18-19H2,1-2H3,(H,33,37)/t28-,29-/m1/s1. The maximum atomic E-state index is 12.9. The number of hydrogen-bond acceptors (Lipinski definition) is 7. The molecule has 2 aliphatic rings. The molecule has 0 fully saturated rings. The molecular formula is C32H28N4O4S. The zero-order valence-corrected chi connectivity index (χ0v) is 23.4. The van der Waals surface area contributed by atoms with Gasteiger partial charge in [0.25, 0.3) is 5.91 Å². The van der Waals surface area contributed by atoms with Crippen molar-refractivity contribution in [3.05, 3.63) is 102 Å². The van der Waals surface area contributed by atoms with Crippen molar-refractivity contribution in [2.45, 2.75) is 24.1 Å². The Kier molecular flexibility index (Phi) is 7.43. The molecule has 6 rings (SSSR count). The lowest BCUT2D eigenvalue weighted by Gasteiger charge is -2.23. The molecule has 2 heterocycles. The zero-order valence-electron chi connectivity index (χ0n) is 22.6. The normalized spacial score (nSPS) is 18.3. The summed E-state index contributed by atoms with van der Waals surface area (Å²) in [6, 6.07) is 29.3. The molecule has 0 saturated heterocycles. The average Bonchev–Trinajstić information content (AvgIpc) is 3.61. The lowest BCUT2D eigenvalue weighted by Crippen LogP contribution is -2.25. The van der Waals surface area contributed by atoms with E-state index in [1.807, 2.05) is 41.4 Å². The van der Waals surface area contributed by atoms with Crippen molar-refractivity contribution in [3.8, 4) is 11.5 Å². The van der Waals surface area contributed by atoms with Crippen molar-refractivity contribution in [2.75, 3.05) is 19.5 Å². The third-order valence-corrected chi connectivity index (χ3v) is 8.31. The fourth-order valence-corrected chi connectivity index (χ4v) is 6.04. The van der Waals surface area contributed by atoms with Gasteiger partial charge in [0.2, 0.25) is 5.91 Å². The van der Waals surface area contributed by atoms with Crippen molar-refractivity contribution >= 4 is 50.9 Å². The van der Waals surface area contributed by atoms with Gasteiger partial charge in [-0.1, -0.05) is 60.3 Å². The number of hydrazone groups is 1. The number of hydrogen-bond donors (Lipinski definition) is 1. The quantitative estimate of drug-likeness (QED) is 0.295. The van der Waals surface area contributed by atoms with Crippen LogP contribution in [0.1, 0.15) is 30.0 Å². The van der Waals surface area contributed by atoms with Crippen LogP contribution in [-0.2, 0) is 9.59 Å². The van der Waals surface area contributed by atoms with E-state index < -0.39 is 5.25 Å². The summed E-state index contributed by atoms with van der Waals surface area (Å²) < 4.78 is 10.5. The minimum atomic E-state index is -0.625. The molecule has 1 N–H and O–H groups in total. The summed E-state index contributed by atoms with van der Waals surface area (Å²) in [5.41, 5.74) is 3.60. The van der Waals surface area contributed by atoms with Crippen LogP contribution >= 0.6 is 11.8 Å². The lowest BCUT2D eigenvalue weighted by atomic mass is 9.97. The monoisotopic (exact) mass is 564 g/mol. The van der Waals surface area contributed by atoms with E-state index >= 15 is 0 Å². The fourth-order valence-electron chi connectivity index (χ4n) is 4.98. The Morgan fingerprint density at radius 1 is 0.927 bits per heavy atom. The van der Waals surface area contributed by atoms with Crippen molar-refractivity contribution in [1.29, 1.82) is 0 Å². The van der Waals surface area contributed by atoms with Gasteiger partial charge in [0.05, 0.1) is 26.0 Å². The number of carbonyl (C=O) groups is 2. The Balaban J connectivity index is 1.23.